The summed E-state index contributed by atoms with van der Waals surface area (Å²) < 4.78 is 0. The average molecular weight is 385 g/mol. The number of carbonyl (C=O) groups excluding carboxylic acids is 1. The van der Waals surface area contributed by atoms with Crippen LogP contribution in [0, 0.1) is 0 Å². The van der Waals surface area contributed by atoms with Gasteiger partial charge in [-0.2, -0.15) is 0 Å². The van der Waals surface area contributed by atoms with E-state index < -0.39 is 0 Å². The number of nitrogens with zero attached hydrogens (tertiary/aromatic N) is 1. The summed E-state index contributed by atoms with van der Waals surface area (Å²) in [6.45, 7) is 0.669. The summed E-state index contributed by atoms with van der Waals surface area (Å²) in [5.41, 5.74) is 3.25. The molecule has 3 aromatic rings. The van der Waals surface area contributed by atoms with E-state index in [1.165, 1.54) is 18.4 Å². The van der Waals surface area contributed by atoms with E-state index >= 15 is 0 Å². The number of benzene rings is 3. The van der Waals surface area contributed by atoms with Gasteiger partial charge in [0, 0.05) is 18.3 Å². The van der Waals surface area contributed by atoms with E-state index in [0.29, 0.717) is 12.6 Å². The standard InChI is InChI=1S/C26H28N2O/c29-26(27-23-16-10-11-17-23)25(22-14-6-2-7-15-22)28(24-18-8-3-9-19-24)20-21-12-4-1-5-13-21/h1-9,12-15,18-19,23,25H,10-11,16-17,20H2,(H,27,29)/t25-/m1/s1. The number of anilines is 1. The van der Waals surface area contributed by atoms with Crippen LogP contribution in [0.5, 0.6) is 0 Å². The van der Waals surface area contributed by atoms with E-state index in [1.807, 2.05) is 42.5 Å². The van der Waals surface area contributed by atoms with E-state index in [4.69, 9.17) is 0 Å². The Bertz CT molecular complexity index is 890. The van der Waals surface area contributed by atoms with Crippen molar-refractivity contribution in [3.05, 3.63) is 102 Å². The van der Waals surface area contributed by atoms with Gasteiger partial charge in [0.15, 0.2) is 0 Å². The first-order valence-electron chi connectivity index (χ1n) is 10.5. The second-order valence-electron chi connectivity index (χ2n) is 7.75. The van der Waals surface area contributed by atoms with Crippen LogP contribution in [0.2, 0.25) is 0 Å². The van der Waals surface area contributed by atoms with Crippen LogP contribution in [0.25, 0.3) is 0 Å². The van der Waals surface area contributed by atoms with E-state index in [-0.39, 0.29) is 11.9 Å². The zero-order valence-electron chi connectivity index (χ0n) is 16.7. The number of para-hydroxylation sites is 1. The van der Waals surface area contributed by atoms with Crippen molar-refractivity contribution in [1.82, 2.24) is 5.32 Å². The molecule has 4 rings (SSSR count). The minimum absolute atomic E-state index is 0.0860. The van der Waals surface area contributed by atoms with Crippen LogP contribution in [0.15, 0.2) is 91.0 Å². The summed E-state index contributed by atoms with van der Waals surface area (Å²) in [6.07, 6.45) is 4.56. The van der Waals surface area contributed by atoms with Crippen molar-refractivity contribution in [2.45, 2.75) is 44.3 Å². The molecular formula is C26H28N2O. The molecule has 1 fully saturated rings. The molecule has 1 N–H and O–H groups in total. The third-order valence-corrected chi connectivity index (χ3v) is 5.66. The fraction of sp³-hybridized carbons (Fsp3) is 0.269. The predicted octanol–water partition coefficient (Wildman–Crippen LogP) is 5.49. The molecule has 1 saturated carbocycles. The van der Waals surface area contributed by atoms with Crippen LogP contribution in [-0.4, -0.2) is 11.9 Å². The highest BCUT2D eigenvalue weighted by Gasteiger charge is 2.30. The Labute approximate surface area is 173 Å². The first kappa shape index (κ1) is 19.3. The fourth-order valence-electron chi connectivity index (χ4n) is 4.19. The van der Waals surface area contributed by atoms with Gasteiger partial charge in [0.1, 0.15) is 6.04 Å². The Hall–Kier alpha value is -3.07. The Morgan fingerprint density at radius 3 is 2.00 bits per heavy atom. The highest BCUT2D eigenvalue weighted by atomic mass is 16.2. The summed E-state index contributed by atoms with van der Waals surface area (Å²) in [5, 5.41) is 3.33. The lowest BCUT2D eigenvalue weighted by Gasteiger charge is -2.34. The molecule has 1 aliphatic carbocycles. The molecule has 0 heterocycles. The minimum atomic E-state index is -0.376. The quantitative estimate of drug-likeness (QED) is 0.584. The van der Waals surface area contributed by atoms with Crippen molar-refractivity contribution < 1.29 is 4.79 Å². The Kier molecular flexibility index (Phi) is 6.25. The molecule has 0 spiro atoms. The summed E-state index contributed by atoms with van der Waals surface area (Å²) in [7, 11) is 0. The number of nitrogens with one attached hydrogen (secondary N) is 1. The van der Waals surface area contributed by atoms with Gasteiger partial charge < -0.3 is 10.2 Å². The van der Waals surface area contributed by atoms with Gasteiger partial charge in [-0.25, -0.2) is 0 Å². The maximum absolute atomic E-state index is 13.6. The Morgan fingerprint density at radius 2 is 1.38 bits per heavy atom. The Balaban J connectivity index is 1.71. The van der Waals surface area contributed by atoms with Crippen molar-refractivity contribution in [2.75, 3.05) is 4.90 Å². The van der Waals surface area contributed by atoms with Crippen LogP contribution in [0.4, 0.5) is 5.69 Å². The molecule has 0 bridgehead atoms. The highest BCUT2D eigenvalue weighted by molar-refractivity contribution is 5.87. The molecular weight excluding hydrogens is 356 g/mol. The van der Waals surface area contributed by atoms with Crippen LogP contribution >= 0.6 is 0 Å². The first-order valence-corrected chi connectivity index (χ1v) is 10.5. The topological polar surface area (TPSA) is 32.3 Å². The lowest BCUT2D eigenvalue weighted by molar-refractivity contribution is -0.123. The molecule has 3 nitrogen and oxygen atoms in total. The highest BCUT2D eigenvalue weighted by Crippen LogP contribution is 2.30. The molecule has 29 heavy (non-hydrogen) atoms. The predicted molar refractivity (Wildman–Crippen MR) is 119 cm³/mol. The zero-order chi connectivity index (χ0) is 19.9. The fourth-order valence-corrected chi connectivity index (χ4v) is 4.19. The van der Waals surface area contributed by atoms with Gasteiger partial charge >= 0.3 is 0 Å². The van der Waals surface area contributed by atoms with Gasteiger partial charge in [0.25, 0.3) is 0 Å². The molecule has 1 amide bonds. The lowest BCUT2D eigenvalue weighted by Crippen LogP contribution is -2.43. The zero-order valence-corrected chi connectivity index (χ0v) is 16.7. The molecule has 3 aromatic carbocycles. The molecule has 1 atom stereocenters. The first-order chi connectivity index (χ1) is 14.3. The normalized spacial score (nSPS) is 15.0. The third kappa shape index (κ3) is 4.86. The number of carbonyl (C=O) groups is 1. The van der Waals surface area contributed by atoms with E-state index in [9.17, 15) is 4.79 Å². The maximum Gasteiger partial charge on any atom is 0.247 e. The van der Waals surface area contributed by atoms with Gasteiger partial charge in [0.05, 0.1) is 0 Å². The third-order valence-electron chi connectivity index (χ3n) is 5.66. The van der Waals surface area contributed by atoms with Crippen molar-refractivity contribution in [2.24, 2.45) is 0 Å². The number of hydrogen-bond donors (Lipinski definition) is 1. The second kappa shape index (κ2) is 9.42. The van der Waals surface area contributed by atoms with Crippen molar-refractivity contribution in [3.8, 4) is 0 Å². The number of rotatable bonds is 7. The summed E-state index contributed by atoms with van der Waals surface area (Å²) >= 11 is 0. The number of hydrogen-bond acceptors (Lipinski definition) is 2. The SMILES string of the molecule is O=C(NC1CCCC1)[C@@H](c1ccccc1)N(Cc1ccccc1)c1ccccc1. The maximum atomic E-state index is 13.6. The number of amides is 1. The molecule has 0 unspecified atom stereocenters. The second-order valence-corrected chi connectivity index (χ2v) is 7.75. The summed E-state index contributed by atoms with van der Waals surface area (Å²) in [4.78, 5) is 15.8. The molecule has 1 aliphatic rings. The molecule has 3 heteroatoms. The molecule has 0 saturated heterocycles. The molecule has 0 radical (unpaired) electrons. The van der Waals surface area contributed by atoms with Gasteiger partial charge in [-0.1, -0.05) is 91.7 Å². The molecule has 0 aromatic heterocycles. The minimum Gasteiger partial charge on any atom is -0.352 e. The van der Waals surface area contributed by atoms with E-state index in [2.05, 4.69) is 58.7 Å². The van der Waals surface area contributed by atoms with Gasteiger partial charge in [0.2, 0.25) is 5.91 Å². The molecule has 0 aliphatic heterocycles. The van der Waals surface area contributed by atoms with Crippen LogP contribution in [0.3, 0.4) is 0 Å². The largest absolute Gasteiger partial charge is 0.352 e. The van der Waals surface area contributed by atoms with E-state index in [1.54, 1.807) is 0 Å². The summed E-state index contributed by atoms with van der Waals surface area (Å²) in [5.74, 6) is 0.0860. The van der Waals surface area contributed by atoms with Gasteiger partial charge in [-0.3, -0.25) is 4.79 Å². The smallest absolute Gasteiger partial charge is 0.247 e. The lowest BCUT2D eigenvalue weighted by atomic mass is 10.0. The molecule has 148 valence electrons. The van der Waals surface area contributed by atoms with Crippen LogP contribution in [-0.2, 0) is 11.3 Å². The van der Waals surface area contributed by atoms with Gasteiger partial charge in [-0.05, 0) is 36.1 Å². The van der Waals surface area contributed by atoms with Crippen molar-refractivity contribution in [1.29, 1.82) is 0 Å². The Morgan fingerprint density at radius 1 is 0.828 bits per heavy atom. The van der Waals surface area contributed by atoms with Gasteiger partial charge in [-0.15, -0.1) is 0 Å². The van der Waals surface area contributed by atoms with Crippen LogP contribution < -0.4 is 10.2 Å². The average Bonchev–Trinajstić information content (AvgIpc) is 3.28. The van der Waals surface area contributed by atoms with E-state index in [0.717, 1.165) is 24.1 Å². The monoisotopic (exact) mass is 384 g/mol. The van der Waals surface area contributed by atoms with Crippen molar-refractivity contribution >= 4 is 11.6 Å². The van der Waals surface area contributed by atoms with Crippen molar-refractivity contribution in [3.63, 3.8) is 0 Å². The summed E-state index contributed by atoms with van der Waals surface area (Å²) in [6, 6.07) is 30.7. The van der Waals surface area contributed by atoms with Crippen LogP contribution in [0.1, 0.15) is 42.9 Å².